The van der Waals surface area contributed by atoms with Crippen LogP contribution in [0.15, 0.2) is 17.1 Å². The summed E-state index contributed by atoms with van der Waals surface area (Å²) < 4.78 is 16.6. The Bertz CT molecular complexity index is 559. The standard InChI is InChI=1S/C15H20ClN3O3/c16-12-8-11(9-13-14(12)22-5-1-4-21-13)10-18-15(17)19-2-6-20-7-3-19/h8-9H,1-7,10H2,(H2,17,18). The number of morpholine rings is 1. The van der Waals surface area contributed by atoms with E-state index in [2.05, 4.69) is 4.99 Å². The first-order valence-electron chi connectivity index (χ1n) is 7.44. The van der Waals surface area contributed by atoms with Crippen molar-refractivity contribution in [1.82, 2.24) is 4.90 Å². The number of fused-ring (bicyclic) bond motifs is 1. The van der Waals surface area contributed by atoms with Gasteiger partial charge in [0.15, 0.2) is 17.5 Å². The number of rotatable bonds is 2. The largest absolute Gasteiger partial charge is 0.489 e. The third-order valence-electron chi connectivity index (χ3n) is 3.62. The van der Waals surface area contributed by atoms with E-state index >= 15 is 0 Å². The van der Waals surface area contributed by atoms with Crippen molar-refractivity contribution in [2.45, 2.75) is 13.0 Å². The first kappa shape index (κ1) is 15.2. The van der Waals surface area contributed by atoms with Gasteiger partial charge in [-0.2, -0.15) is 0 Å². The average Bonchev–Trinajstić information content (AvgIpc) is 2.79. The summed E-state index contributed by atoms with van der Waals surface area (Å²) in [5.41, 5.74) is 6.98. The minimum atomic E-state index is 0.458. The van der Waals surface area contributed by atoms with E-state index < -0.39 is 0 Å². The summed E-state index contributed by atoms with van der Waals surface area (Å²) in [4.78, 5) is 6.46. The predicted molar refractivity (Wildman–Crippen MR) is 84.8 cm³/mol. The molecular weight excluding hydrogens is 306 g/mol. The zero-order chi connectivity index (χ0) is 15.4. The van der Waals surface area contributed by atoms with Gasteiger partial charge in [0.2, 0.25) is 0 Å². The fourth-order valence-corrected chi connectivity index (χ4v) is 2.73. The second-order valence-electron chi connectivity index (χ2n) is 5.23. The number of halogens is 1. The zero-order valence-electron chi connectivity index (χ0n) is 12.4. The van der Waals surface area contributed by atoms with Crippen LogP contribution in [0.4, 0.5) is 0 Å². The monoisotopic (exact) mass is 325 g/mol. The normalized spacial score (nSPS) is 19.0. The van der Waals surface area contributed by atoms with E-state index in [1.807, 2.05) is 17.0 Å². The van der Waals surface area contributed by atoms with Crippen molar-refractivity contribution in [3.05, 3.63) is 22.7 Å². The van der Waals surface area contributed by atoms with Gasteiger partial charge in [0, 0.05) is 19.5 Å². The lowest BCUT2D eigenvalue weighted by molar-refractivity contribution is 0.0674. The van der Waals surface area contributed by atoms with Gasteiger partial charge in [0.05, 0.1) is 38.0 Å². The molecule has 120 valence electrons. The molecule has 0 aliphatic carbocycles. The molecule has 1 fully saturated rings. The van der Waals surface area contributed by atoms with Crippen molar-refractivity contribution < 1.29 is 14.2 Å². The fourth-order valence-electron chi connectivity index (χ4n) is 2.44. The highest BCUT2D eigenvalue weighted by atomic mass is 35.5. The van der Waals surface area contributed by atoms with Crippen LogP contribution >= 0.6 is 11.6 Å². The van der Waals surface area contributed by atoms with Gasteiger partial charge in [-0.15, -0.1) is 0 Å². The molecule has 0 amide bonds. The quantitative estimate of drug-likeness (QED) is 0.661. The van der Waals surface area contributed by atoms with E-state index in [1.165, 1.54) is 0 Å². The molecule has 22 heavy (non-hydrogen) atoms. The molecule has 3 rings (SSSR count). The maximum absolute atomic E-state index is 6.27. The number of aliphatic imine (C=N–C) groups is 1. The van der Waals surface area contributed by atoms with Gasteiger partial charge in [-0.05, 0) is 17.7 Å². The number of guanidine groups is 1. The minimum absolute atomic E-state index is 0.458. The summed E-state index contributed by atoms with van der Waals surface area (Å²) in [6.07, 6.45) is 0.850. The van der Waals surface area contributed by atoms with Gasteiger partial charge in [0.25, 0.3) is 0 Å². The molecule has 7 heteroatoms. The van der Waals surface area contributed by atoms with Crippen LogP contribution in [-0.2, 0) is 11.3 Å². The van der Waals surface area contributed by atoms with Gasteiger partial charge in [-0.3, -0.25) is 0 Å². The predicted octanol–water partition coefficient (Wildman–Crippen LogP) is 1.65. The van der Waals surface area contributed by atoms with Gasteiger partial charge in [-0.25, -0.2) is 4.99 Å². The van der Waals surface area contributed by atoms with Crippen LogP contribution in [0.3, 0.4) is 0 Å². The van der Waals surface area contributed by atoms with E-state index in [1.54, 1.807) is 0 Å². The number of nitrogens with zero attached hydrogens (tertiary/aromatic N) is 2. The molecule has 2 aliphatic rings. The zero-order valence-corrected chi connectivity index (χ0v) is 13.1. The van der Waals surface area contributed by atoms with E-state index in [0.717, 1.165) is 25.1 Å². The highest BCUT2D eigenvalue weighted by molar-refractivity contribution is 6.32. The Morgan fingerprint density at radius 2 is 1.95 bits per heavy atom. The maximum atomic E-state index is 6.27. The average molecular weight is 326 g/mol. The summed E-state index contributed by atoms with van der Waals surface area (Å²) in [5, 5.41) is 0.551. The molecule has 1 aromatic rings. The lowest BCUT2D eigenvalue weighted by Gasteiger charge is -2.27. The third-order valence-corrected chi connectivity index (χ3v) is 3.90. The topological polar surface area (TPSA) is 69.3 Å². The van der Waals surface area contributed by atoms with Crippen molar-refractivity contribution in [3.63, 3.8) is 0 Å². The molecule has 1 aromatic carbocycles. The van der Waals surface area contributed by atoms with Gasteiger partial charge in [-0.1, -0.05) is 11.6 Å². The minimum Gasteiger partial charge on any atom is -0.489 e. The summed E-state index contributed by atoms with van der Waals surface area (Å²) in [6.45, 7) is 4.63. The highest BCUT2D eigenvalue weighted by Crippen LogP contribution is 2.38. The number of nitrogens with two attached hydrogens (primary N) is 1. The number of ether oxygens (including phenoxy) is 3. The van der Waals surface area contributed by atoms with E-state index in [9.17, 15) is 0 Å². The Morgan fingerprint density at radius 1 is 1.18 bits per heavy atom. The van der Waals surface area contributed by atoms with E-state index in [0.29, 0.717) is 55.5 Å². The summed E-state index contributed by atoms with van der Waals surface area (Å²) in [5.74, 6) is 1.83. The van der Waals surface area contributed by atoms with Crippen LogP contribution < -0.4 is 15.2 Å². The lowest BCUT2D eigenvalue weighted by Crippen LogP contribution is -2.44. The molecular formula is C15H20ClN3O3. The molecule has 0 aromatic heterocycles. The highest BCUT2D eigenvalue weighted by Gasteiger charge is 2.16. The Labute approximate surface area is 134 Å². The van der Waals surface area contributed by atoms with Crippen LogP contribution in [0.2, 0.25) is 5.02 Å². The molecule has 0 spiro atoms. The van der Waals surface area contributed by atoms with Crippen LogP contribution in [0, 0.1) is 0 Å². The van der Waals surface area contributed by atoms with Gasteiger partial charge < -0.3 is 24.8 Å². The van der Waals surface area contributed by atoms with Gasteiger partial charge >= 0.3 is 0 Å². The maximum Gasteiger partial charge on any atom is 0.191 e. The van der Waals surface area contributed by atoms with Crippen molar-refractivity contribution in [3.8, 4) is 11.5 Å². The Morgan fingerprint density at radius 3 is 2.77 bits per heavy atom. The molecule has 6 nitrogen and oxygen atoms in total. The van der Waals surface area contributed by atoms with Crippen molar-refractivity contribution in [2.75, 3.05) is 39.5 Å². The molecule has 2 heterocycles. The second kappa shape index (κ2) is 7.07. The van der Waals surface area contributed by atoms with Crippen molar-refractivity contribution >= 4 is 17.6 Å². The van der Waals surface area contributed by atoms with Crippen LogP contribution in [0.1, 0.15) is 12.0 Å². The molecule has 1 saturated heterocycles. The van der Waals surface area contributed by atoms with Crippen molar-refractivity contribution in [1.29, 1.82) is 0 Å². The number of hydrogen-bond acceptors (Lipinski definition) is 4. The van der Waals surface area contributed by atoms with Crippen LogP contribution in [0.5, 0.6) is 11.5 Å². The SMILES string of the molecule is NC(=NCc1cc(Cl)c2c(c1)OCCCO2)N1CCOCC1. The summed E-state index contributed by atoms with van der Waals surface area (Å²) >= 11 is 6.27. The van der Waals surface area contributed by atoms with Crippen LogP contribution in [-0.4, -0.2) is 50.4 Å². The molecule has 0 bridgehead atoms. The first-order chi connectivity index (χ1) is 10.7. The molecule has 0 atom stereocenters. The summed E-state index contributed by atoms with van der Waals surface area (Å²) in [6, 6.07) is 3.77. The van der Waals surface area contributed by atoms with Gasteiger partial charge in [0.1, 0.15) is 0 Å². The number of benzene rings is 1. The van der Waals surface area contributed by atoms with Crippen LogP contribution in [0.25, 0.3) is 0 Å². The molecule has 2 aliphatic heterocycles. The molecule has 0 saturated carbocycles. The third kappa shape index (κ3) is 3.56. The van der Waals surface area contributed by atoms with E-state index in [-0.39, 0.29) is 0 Å². The lowest BCUT2D eigenvalue weighted by atomic mass is 10.2. The fraction of sp³-hybridized carbons (Fsp3) is 0.533. The summed E-state index contributed by atoms with van der Waals surface area (Å²) in [7, 11) is 0. The molecule has 0 radical (unpaired) electrons. The first-order valence-corrected chi connectivity index (χ1v) is 7.82. The molecule has 0 unspecified atom stereocenters. The van der Waals surface area contributed by atoms with E-state index in [4.69, 9.17) is 31.5 Å². The second-order valence-corrected chi connectivity index (χ2v) is 5.64. The smallest absolute Gasteiger partial charge is 0.191 e. The Kier molecular flexibility index (Phi) is 4.90. The number of hydrogen-bond donors (Lipinski definition) is 1. The van der Waals surface area contributed by atoms with Crippen molar-refractivity contribution in [2.24, 2.45) is 10.7 Å². The Hall–Kier alpha value is -1.66. The Balaban J connectivity index is 1.72. The molecule has 2 N–H and O–H groups in total.